The summed E-state index contributed by atoms with van der Waals surface area (Å²) in [6.45, 7) is 2.03. The number of nitrogens with two attached hydrogens (primary N) is 1. The molecule has 0 aliphatic heterocycles. The first-order chi connectivity index (χ1) is 11.5. The number of methoxy groups -OCH3 is 1. The molecule has 0 atom stereocenters. The first-order valence-corrected chi connectivity index (χ1v) is 9.11. The summed E-state index contributed by atoms with van der Waals surface area (Å²) in [4.78, 5) is 17.1. The summed E-state index contributed by atoms with van der Waals surface area (Å²) < 4.78 is 5.41. The maximum absolute atomic E-state index is 12.5. The van der Waals surface area contributed by atoms with Crippen molar-refractivity contribution in [3.05, 3.63) is 29.1 Å². The van der Waals surface area contributed by atoms with Gasteiger partial charge in [0.1, 0.15) is 5.75 Å². The molecule has 0 unspecified atom stereocenters. The third kappa shape index (κ3) is 4.32. The molecule has 0 spiro atoms. The van der Waals surface area contributed by atoms with Crippen molar-refractivity contribution in [2.75, 3.05) is 12.4 Å². The zero-order chi connectivity index (χ0) is 17.2. The van der Waals surface area contributed by atoms with E-state index in [0.29, 0.717) is 5.13 Å². The maximum atomic E-state index is 12.5. The van der Waals surface area contributed by atoms with Crippen molar-refractivity contribution in [3.8, 4) is 17.0 Å². The second-order valence-corrected chi connectivity index (χ2v) is 7.27. The smallest absolute Gasteiger partial charge is 0.246 e. The number of benzene rings is 1. The Morgan fingerprint density at radius 1 is 1.32 bits per heavy atom. The minimum Gasteiger partial charge on any atom is -0.496 e. The minimum atomic E-state index is -0.759. The second-order valence-electron chi connectivity index (χ2n) is 6.41. The number of amides is 1. The van der Waals surface area contributed by atoms with E-state index >= 15 is 0 Å². The van der Waals surface area contributed by atoms with Crippen LogP contribution in [0.2, 0.25) is 0 Å². The van der Waals surface area contributed by atoms with Gasteiger partial charge in [0.2, 0.25) is 5.91 Å². The quantitative estimate of drug-likeness (QED) is 0.833. The fourth-order valence-electron chi connectivity index (χ4n) is 3.11. The highest BCUT2D eigenvalue weighted by molar-refractivity contribution is 7.14. The molecule has 0 radical (unpaired) electrons. The lowest BCUT2D eigenvalue weighted by molar-refractivity contribution is -0.122. The molecule has 1 heterocycles. The molecule has 0 bridgehead atoms. The van der Waals surface area contributed by atoms with Crippen LogP contribution in [0.3, 0.4) is 0 Å². The summed E-state index contributed by atoms with van der Waals surface area (Å²) in [6.07, 6.45) is 4.65. The molecular weight excluding hydrogens is 358 g/mol. The van der Waals surface area contributed by atoms with Crippen LogP contribution in [0.1, 0.15) is 37.7 Å². The normalized spacial score (nSPS) is 16.0. The van der Waals surface area contributed by atoms with Crippen LogP contribution in [0.15, 0.2) is 23.6 Å². The van der Waals surface area contributed by atoms with Crippen LogP contribution >= 0.6 is 23.7 Å². The zero-order valence-electron chi connectivity index (χ0n) is 14.5. The number of anilines is 1. The molecule has 1 saturated carbocycles. The number of carbonyl (C=O) groups is 1. The number of aromatic nitrogens is 1. The number of nitrogens with one attached hydrogen (secondary N) is 1. The van der Waals surface area contributed by atoms with Gasteiger partial charge in [-0.05, 0) is 31.9 Å². The molecule has 1 aliphatic carbocycles. The first kappa shape index (κ1) is 19.7. The first-order valence-electron chi connectivity index (χ1n) is 8.23. The van der Waals surface area contributed by atoms with Crippen molar-refractivity contribution < 1.29 is 9.53 Å². The molecule has 25 heavy (non-hydrogen) atoms. The average molecular weight is 382 g/mol. The number of carbonyl (C=O) groups excluding carboxylic acids is 1. The molecule has 2 aromatic rings. The predicted molar refractivity (Wildman–Crippen MR) is 105 cm³/mol. The van der Waals surface area contributed by atoms with Gasteiger partial charge in [-0.25, -0.2) is 4.98 Å². The Kier molecular flexibility index (Phi) is 6.43. The molecule has 7 heteroatoms. The van der Waals surface area contributed by atoms with E-state index in [2.05, 4.69) is 10.3 Å². The van der Waals surface area contributed by atoms with Gasteiger partial charge in [-0.2, -0.15) is 0 Å². The summed E-state index contributed by atoms with van der Waals surface area (Å²) in [5, 5.41) is 5.40. The Hall–Kier alpha value is -1.63. The molecule has 1 amide bonds. The summed E-state index contributed by atoms with van der Waals surface area (Å²) in [5.41, 5.74) is 8.37. The maximum Gasteiger partial charge on any atom is 0.246 e. The standard InChI is InChI=1S/C18H23N3O2S.ClH/c1-12-6-7-15(23-2)13(10-12)14-11-24-17(20-14)21-16(22)18(19)8-4-3-5-9-18;/h6-7,10-11H,3-5,8-9,19H2,1-2H3,(H,20,21,22);1H. The van der Waals surface area contributed by atoms with Crippen LogP contribution in [0, 0.1) is 6.92 Å². The Labute approximate surface area is 158 Å². The van der Waals surface area contributed by atoms with Gasteiger partial charge >= 0.3 is 0 Å². The number of nitrogens with zero attached hydrogens (tertiary/aromatic N) is 1. The van der Waals surface area contributed by atoms with Gasteiger partial charge in [0.25, 0.3) is 0 Å². The number of aryl methyl sites for hydroxylation is 1. The van der Waals surface area contributed by atoms with Gasteiger partial charge < -0.3 is 15.8 Å². The van der Waals surface area contributed by atoms with Crippen molar-refractivity contribution in [1.29, 1.82) is 0 Å². The highest BCUT2D eigenvalue weighted by Crippen LogP contribution is 2.34. The lowest BCUT2D eigenvalue weighted by Crippen LogP contribution is -2.52. The minimum absolute atomic E-state index is 0. The van der Waals surface area contributed by atoms with E-state index in [1.54, 1.807) is 7.11 Å². The summed E-state index contributed by atoms with van der Waals surface area (Å²) in [7, 11) is 1.64. The summed E-state index contributed by atoms with van der Waals surface area (Å²) in [6, 6.07) is 5.96. The number of rotatable bonds is 4. The Morgan fingerprint density at radius 3 is 2.72 bits per heavy atom. The number of thiazole rings is 1. The molecule has 1 aliphatic rings. The average Bonchev–Trinajstić information content (AvgIpc) is 3.04. The summed E-state index contributed by atoms with van der Waals surface area (Å²) >= 11 is 1.41. The van der Waals surface area contributed by atoms with Crippen LogP contribution in [0.25, 0.3) is 11.3 Å². The number of hydrogen-bond donors (Lipinski definition) is 2. The molecule has 5 nitrogen and oxygen atoms in total. The number of hydrogen-bond acceptors (Lipinski definition) is 5. The van der Waals surface area contributed by atoms with Gasteiger partial charge in [0, 0.05) is 10.9 Å². The molecule has 1 aromatic carbocycles. The van der Waals surface area contributed by atoms with E-state index in [0.717, 1.165) is 54.7 Å². The Morgan fingerprint density at radius 2 is 2.04 bits per heavy atom. The second kappa shape index (κ2) is 8.17. The van der Waals surface area contributed by atoms with E-state index < -0.39 is 5.54 Å². The molecule has 3 rings (SSSR count). The summed E-state index contributed by atoms with van der Waals surface area (Å²) in [5.74, 6) is 0.644. The topological polar surface area (TPSA) is 77.2 Å². The SMILES string of the molecule is COc1ccc(C)cc1-c1csc(NC(=O)C2(N)CCCCC2)n1.Cl. The van der Waals surface area contributed by atoms with E-state index in [-0.39, 0.29) is 18.3 Å². The highest BCUT2D eigenvalue weighted by atomic mass is 35.5. The fourth-order valence-corrected chi connectivity index (χ4v) is 3.81. The van der Waals surface area contributed by atoms with Crippen LogP contribution in [0.4, 0.5) is 5.13 Å². The molecular formula is C18H24ClN3O2S. The van der Waals surface area contributed by atoms with Gasteiger partial charge in [-0.1, -0.05) is 30.9 Å². The fraction of sp³-hybridized carbons (Fsp3) is 0.444. The van der Waals surface area contributed by atoms with Crippen molar-refractivity contribution in [2.45, 2.75) is 44.6 Å². The van der Waals surface area contributed by atoms with Crippen molar-refractivity contribution in [2.24, 2.45) is 5.73 Å². The molecule has 1 fully saturated rings. The van der Waals surface area contributed by atoms with Crippen LogP contribution in [0.5, 0.6) is 5.75 Å². The van der Waals surface area contributed by atoms with Crippen LogP contribution < -0.4 is 15.8 Å². The highest BCUT2D eigenvalue weighted by Gasteiger charge is 2.35. The number of ether oxygens (including phenoxy) is 1. The monoisotopic (exact) mass is 381 g/mol. The Balaban J connectivity index is 0.00000225. The van der Waals surface area contributed by atoms with Gasteiger partial charge in [-0.15, -0.1) is 23.7 Å². The van der Waals surface area contributed by atoms with Crippen LogP contribution in [-0.4, -0.2) is 23.5 Å². The molecule has 1 aromatic heterocycles. The van der Waals surface area contributed by atoms with Crippen molar-refractivity contribution >= 4 is 34.8 Å². The lowest BCUT2D eigenvalue weighted by atomic mass is 9.82. The lowest BCUT2D eigenvalue weighted by Gasteiger charge is -2.31. The van der Waals surface area contributed by atoms with E-state index in [1.165, 1.54) is 11.3 Å². The van der Waals surface area contributed by atoms with E-state index in [4.69, 9.17) is 10.5 Å². The third-order valence-corrected chi connectivity index (χ3v) is 5.31. The zero-order valence-corrected chi connectivity index (χ0v) is 16.1. The molecule has 0 saturated heterocycles. The predicted octanol–water partition coefficient (Wildman–Crippen LogP) is 4.15. The number of halogens is 1. The third-order valence-electron chi connectivity index (χ3n) is 4.55. The van der Waals surface area contributed by atoms with Gasteiger partial charge in [0.05, 0.1) is 18.3 Å². The van der Waals surface area contributed by atoms with Gasteiger partial charge in [-0.3, -0.25) is 4.79 Å². The molecule has 136 valence electrons. The Bertz CT molecular complexity index is 742. The molecule has 3 N–H and O–H groups in total. The van der Waals surface area contributed by atoms with Crippen molar-refractivity contribution in [1.82, 2.24) is 4.98 Å². The van der Waals surface area contributed by atoms with Crippen molar-refractivity contribution in [3.63, 3.8) is 0 Å². The largest absolute Gasteiger partial charge is 0.496 e. The van der Waals surface area contributed by atoms with E-state index in [1.807, 2.05) is 30.5 Å². The van der Waals surface area contributed by atoms with Gasteiger partial charge in [0.15, 0.2) is 5.13 Å². The van der Waals surface area contributed by atoms with Crippen LogP contribution in [-0.2, 0) is 4.79 Å². The van der Waals surface area contributed by atoms with E-state index in [9.17, 15) is 4.79 Å².